The van der Waals surface area contributed by atoms with Crippen LogP contribution >= 0.6 is 0 Å². The molecule has 0 heterocycles. The molecule has 1 atom stereocenters. The van der Waals surface area contributed by atoms with Crippen molar-refractivity contribution >= 4 is 17.9 Å². The zero-order valence-electron chi connectivity index (χ0n) is 46.2. The van der Waals surface area contributed by atoms with Crippen LogP contribution in [0.25, 0.3) is 0 Å². The predicted octanol–water partition coefficient (Wildman–Crippen LogP) is 19.9. The molecule has 71 heavy (non-hydrogen) atoms. The van der Waals surface area contributed by atoms with Gasteiger partial charge in [0.15, 0.2) is 6.10 Å². The molecule has 0 aliphatic carbocycles. The van der Waals surface area contributed by atoms with Crippen LogP contribution in [0.5, 0.6) is 0 Å². The fourth-order valence-electron chi connectivity index (χ4n) is 7.81. The largest absolute Gasteiger partial charge is 0.462 e. The molecule has 0 radical (unpaired) electrons. The first-order valence-corrected chi connectivity index (χ1v) is 29.4. The van der Waals surface area contributed by atoms with Gasteiger partial charge in [-0.3, -0.25) is 14.4 Å². The van der Waals surface area contributed by atoms with Crippen LogP contribution < -0.4 is 0 Å². The second kappa shape index (κ2) is 58.6. The van der Waals surface area contributed by atoms with Gasteiger partial charge in [0.25, 0.3) is 0 Å². The molecule has 6 heteroatoms. The fourth-order valence-corrected chi connectivity index (χ4v) is 7.81. The van der Waals surface area contributed by atoms with Crippen molar-refractivity contribution in [2.24, 2.45) is 0 Å². The number of rotatable bonds is 52. The van der Waals surface area contributed by atoms with E-state index in [1.165, 1.54) is 96.3 Å². The molecule has 0 saturated heterocycles. The van der Waals surface area contributed by atoms with Crippen LogP contribution in [0.4, 0.5) is 0 Å². The van der Waals surface area contributed by atoms with Crippen molar-refractivity contribution in [2.45, 2.75) is 271 Å². The first-order valence-electron chi connectivity index (χ1n) is 29.4. The molecule has 0 saturated carbocycles. The van der Waals surface area contributed by atoms with Crippen molar-refractivity contribution in [1.29, 1.82) is 0 Å². The quantitative estimate of drug-likeness (QED) is 0.0261. The Hall–Kier alpha value is -3.93. The summed E-state index contributed by atoms with van der Waals surface area (Å²) in [7, 11) is 0. The fraction of sp³-hybridized carbons (Fsp3) is 0.677. The van der Waals surface area contributed by atoms with Crippen molar-refractivity contribution in [3.8, 4) is 0 Å². The zero-order valence-corrected chi connectivity index (χ0v) is 46.2. The third-order valence-electron chi connectivity index (χ3n) is 12.2. The van der Waals surface area contributed by atoms with E-state index >= 15 is 0 Å². The van der Waals surface area contributed by atoms with Crippen molar-refractivity contribution in [1.82, 2.24) is 0 Å². The van der Waals surface area contributed by atoms with Crippen molar-refractivity contribution < 1.29 is 28.6 Å². The summed E-state index contributed by atoms with van der Waals surface area (Å²) >= 11 is 0. The van der Waals surface area contributed by atoms with Crippen LogP contribution in [0.2, 0.25) is 0 Å². The summed E-state index contributed by atoms with van der Waals surface area (Å²) in [5.74, 6) is -0.948. The molecule has 1 unspecified atom stereocenters. The van der Waals surface area contributed by atoms with E-state index in [2.05, 4.69) is 130 Å². The smallest absolute Gasteiger partial charge is 0.306 e. The van der Waals surface area contributed by atoms with E-state index < -0.39 is 6.10 Å². The minimum Gasteiger partial charge on any atom is -0.462 e. The predicted molar refractivity (Wildman–Crippen MR) is 307 cm³/mol. The van der Waals surface area contributed by atoms with E-state index in [0.29, 0.717) is 12.8 Å². The summed E-state index contributed by atoms with van der Waals surface area (Å²) in [6, 6.07) is 0. The highest BCUT2D eigenvalue weighted by Gasteiger charge is 2.19. The Balaban J connectivity index is 4.40. The standard InChI is InChI=1S/C65H108O6/c1-4-7-10-13-16-19-22-24-26-28-30-31-32-33-35-36-38-40-43-46-49-52-55-58-64(67)70-61-62(60-69-63(66)57-54-51-48-45-42-21-18-15-12-9-6-3)71-65(68)59-56-53-50-47-44-41-39-37-34-29-27-25-23-20-17-14-11-8-5-2/h8,11,15,17-18,20,22,24-25,27-28,30,32-34,37,41,44,62H,4-7,9-10,12-14,16,19,21,23,26,29,31,35-36,38-40,42-43,45-61H2,1-3H3/b11-8-,18-15-,20-17-,24-22-,27-25-,30-28-,33-32-,37-34-,44-41-. The van der Waals surface area contributed by atoms with E-state index in [0.717, 1.165) is 128 Å². The topological polar surface area (TPSA) is 78.9 Å². The first kappa shape index (κ1) is 67.1. The highest BCUT2D eigenvalue weighted by Crippen LogP contribution is 2.14. The number of carbonyl (C=O) groups is 3. The Labute approximate surface area is 438 Å². The van der Waals surface area contributed by atoms with Gasteiger partial charge in [0.2, 0.25) is 0 Å². The minimum absolute atomic E-state index is 0.0995. The van der Waals surface area contributed by atoms with Crippen LogP contribution in [0.1, 0.15) is 265 Å². The van der Waals surface area contributed by atoms with Gasteiger partial charge in [-0.2, -0.15) is 0 Å². The van der Waals surface area contributed by atoms with Crippen LogP contribution in [0.15, 0.2) is 109 Å². The summed E-state index contributed by atoms with van der Waals surface area (Å²) in [6.45, 7) is 6.44. The maximum absolute atomic E-state index is 12.8. The van der Waals surface area contributed by atoms with Gasteiger partial charge in [-0.05, 0) is 122 Å². The zero-order chi connectivity index (χ0) is 51.4. The van der Waals surface area contributed by atoms with Crippen molar-refractivity contribution in [3.63, 3.8) is 0 Å². The Morgan fingerprint density at radius 2 is 0.563 bits per heavy atom. The maximum Gasteiger partial charge on any atom is 0.306 e. The Morgan fingerprint density at radius 1 is 0.296 bits per heavy atom. The van der Waals surface area contributed by atoms with Crippen LogP contribution in [0, 0.1) is 0 Å². The third-order valence-corrected chi connectivity index (χ3v) is 12.2. The number of unbranched alkanes of at least 4 members (excludes halogenated alkanes) is 23. The number of carbonyl (C=O) groups excluding carboxylic acids is 3. The summed E-state index contributed by atoms with van der Waals surface area (Å²) in [6.07, 6.45) is 79.4. The molecule has 0 amide bonds. The Bertz CT molecular complexity index is 1460. The molecular formula is C65H108O6. The lowest BCUT2D eigenvalue weighted by Gasteiger charge is -2.18. The molecule has 404 valence electrons. The maximum atomic E-state index is 12.8. The normalized spacial score (nSPS) is 12.9. The van der Waals surface area contributed by atoms with Gasteiger partial charge in [-0.25, -0.2) is 0 Å². The monoisotopic (exact) mass is 985 g/mol. The summed E-state index contributed by atoms with van der Waals surface area (Å²) in [4.78, 5) is 38.1. The van der Waals surface area contributed by atoms with Gasteiger partial charge >= 0.3 is 17.9 Å². The molecule has 0 aromatic rings. The summed E-state index contributed by atoms with van der Waals surface area (Å²) in [5, 5.41) is 0. The lowest BCUT2D eigenvalue weighted by atomic mass is 10.1. The highest BCUT2D eigenvalue weighted by molar-refractivity contribution is 5.71. The first-order chi connectivity index (χ1) is 35.0. The van der Waals surface area contributed by atoms with Gasteiger partial charge in [0.05, 0.1) is 0 Å². The molecule has 0 N–H and O–H groups in total. The lowest BCUT2D eigenvalue weighted by Crippen LogP contribution is -2.30. The molecule has 0 fully saturated rings. The number of allylic oxidation sites excluding steroid dienone is 18. The third kappa shape index (κ3) is 56.9. The molecular weight excluding hydrogens is 877 g/mol. The van der Waals surface area contributed by atoms with E-state index in [1.54, 1.807) is 0 Å². The SMILES string of the molecule is CC/C=C\C/C=C\C/C=C\C/C=C\C/C=C\CCCCCC(=O)OC(COC(=O)CCCCCCC/C=C\CCCC)COC(=O)CCCCCCCCCC/C=C\C/C=C\C/C=C\CCCCCCC. The number of ether oxygens (including phenoxy) is 3. The molecule has 0 aliphatic rings. The van der Waals surface area contributed by atoms with E-state index in [4.69, 9.17) is 14.2 Å². The summed E-state index contributed by atoms with van der Waals surface area (Å²) < 4.78 is 16.8. The number of esters is 3. The van der Waals surface area contributed by atoms with Gasteiger partial charge in [0.1, 0.15) is 13.2 Å². The molecule has 0 aromatic carbocycles. The average Bonchev–Trinajstić information content (AvgIpc) is 3.37. The van der Waals surface area contributed by atoms with Crippen molar-refractivity contribution in [3.05, 3.63) is 109 Å². The molecule has 0 spiro atoms. The number of hydrogen-bond acceptors (Lipinski definition) is 6. The van der Waals surface area contributed by atoms with Crippen LogP contribution in [-0.2, 0) is 28.6 Å². The molecule has 0 aliphatic heterocycles. The Kier molecular flexibility index (Phi) is 55.4. The van der Waals surface area contributed by atoms with Crippen LogP contribution in [0.3, 0.4) is 0 Å². The Morgan fingerprint density at radius 3 is 0.930 bits per heavy atom. The van der Waals surface area contributed by atoms with Crippen LogP contribution in [-0.4, -0.2) is 37.2 Å². The molecule has 0 aromatic heterocycles. The highest BCUT2D eigenvalue weighted by atomic mass is 16.6. The van der Waals surface area contributed by atoms with Gasteiger partial charge in [-0.15, -0.1) is 0 Å². The number of hydrogen-bond donors (Lipinski definition) is 0. The van der Waals surface area contributed by atoms with Gasteiger partial charge < -0.3 is 14.2 Å². The second-order valence-corrected chi connectivity index (χ2v) is 19.2. The minimum atomic E-state index is -0.804. The van der Waals surface area contributed by atoms with Gasteiger partial charge in [0, 0.05) is 19.3 Å². The van der Waals surface area contributed by atoms with E-state index in [1.807, 2.05) is 0 Å². The average molecular weight is 986 g/mol. The molecule has 0 rings (SSSR count). The van der Waals surface area contributed by atoms with Gasteiger partial charge in [-0.1, -0.05) is 233 Å². The summed E-state index contributed by atoms with van der Waals surface area (Å²) in [5.41, 5.74) is 0. The van der Waals surface area contributed by atoms with E-state index in [9.17, 15) is 14.4 Å². The second-order valence-electron chi connectivity index (χ2n) is 19.2. The van der Waals surface area contributed by atoms with E-state index in [-0.39, 0.29) is 37.5 Å². The lowest BCUT2D eigenvalue weighted by molar-refractivity contribution is -0.167. The molecule has 0 bridgehead atoms. The van der Waals surface area contributed by atoms with Crippen molar-refractivity contribution in [2.75, 3.05) is 13.2 Å². The molecule has 6 nitrogen and oxygen atoms in total.